The van der Waals surface area contributed by atoms with E-state index >= 15 is 0 Å². The molecule has 0 unspecified atom stereocenters. The molecule has 1 aliphatic rings. The van der Waals surface area contributed by atoms with Crippen LogP contribution in [0.25, 0.3) is 0 Å². The number of amides is 1. The molecule has 20 heavy (non-hydrogen) atoms. The molecule has 5 nitrogen and oxygen atoms in total. The van der Waals surface area contributed by atoms with E-state index in [4.69, 9.17) is 10.8 Å². The summed E-state index contributed by atoms with van der Waals surface area (Å²) in [6.07, 6.45) is 2.23. The van der Waals surface area contributed by atoms with E-state index in [1.165, 1.54) is 0 Å². The molecular weight excluding hydrogens is 254 g/mol. The van der Waals surface area contributed by atoms with Crippen molar-refractivity contribution in [2.45, 2.75) is 19.3 Å². The molecule has 0 aliphatic carbocycles. The van der Waals surface area contributed by atoms with E-state index in [9.17, 15) is 4.79 Å². The summed E-state index contributed by atoms with van der Waals surface area (Å²) in [4.78, 5) is 16.0. The first-order valence-electron chi connectivity index (χ1n) is 7.10. The second-order valence-electron chi connectivity index (χ2n) is 5.31. The van der Waals surface area contributed by atoms with Crippen LogP contribution in [0.3, 0.4) is 0 Å². The van der Waals surface area contributed by atoms with Gasteiger partial charge in [0, 0.05) is 30.9 Å². The minimum Gasteiger partial charge on any atom is -0.399 e. The molecule has 0 radical (unpaired) electrons. The standard InChI is InChI=1S/C15H23N3O2/c1-17(9-10-19)7-2-8-18-14-5-4-13(16)11-12(14)3-6-15(18)20/h4-5,11,19H,2-3,6-10,16H2,1H3. The van der Waals surface area contributed by atoms with Crippen molar-refractivity contribution in [1.82, 2.24) is 4.90 Å². The third-order valence-corrected chi connectivity index (χ3v) is 3.71. The van der Waals surface area contributed by atoms with Gasteiger partial charge in [0.2, 0.25) is 5.91 Å². The molecule has 110 valence electrons. The number of aliphatic hydroxyl groups is 1. The Hall–Kier alpha value is -1.59. The highest BCUT2D eigenvalue weighted by molar-refractivity contribution is 5.96. The molecule has 0 saturated heterocycles. The molecule has 0 fully saturated rings. The summed E-state index contributed by atoms with van der Waals surface area (Å²) in [5.74, 6) is 0.187. The van der Waals surface area contributed by atoms with Crippen LogP contribution >= 0.6 is 0 Å². The first-order valence-corrected chi connectivity index (χ1v) is 7.10. The molecule has 1 heterocycles. The van der Waals surface area contributed by atoms with E-state index in [0.29, 0.717) is 19.5 Å². The zero-order chi connectivity index (χ0) is 14.5. The van der Waals surface area contributed by atoms with Crippen LogP contribution in [0.4, 0.5) is 11.4 Å². The van der Waals surface area contributed by atoms with E-state index in [1.54, 1.807) is 0 Å². The van der Waals surface area contributed by atoms with Gasteiger partial charge in [-0.1, -0.05) is 0 Å². The number of benzene rings is 1. The summed E-state index contributed by atoms with van der Waals surface area (Å²) in [5, 5.41) is 8.86. The Bertz CT molecular complexity index is 476. The van der Waals surface area contributed by atoms with Crippen LogP contribution in [-0.2, 0) is 11.2 Å². The lowest BCUT2D eigenvalue weighted by atomic mass is 10.0. The van der Waals surface area contributed by atoms with Crippen molar-refractivity contribution in [1.29, 1.82) is 0 Å². The van der Waals surface area contributed by atoms with Crippen LogP contribution in [0, 0.1) is 0 Å². The first kappa shape index (κ1) is 14.8. The highest BCUT2D eigenvalue weighted by Crippen LogP contribution is 2.29. The summed E-state index contributed by atoms with van der Waals surface area (Å²) in [6.45, 7) is 2.42. The van der Waals surface area contributed by atoms with Crippen molar-refractivity contribution in [3.05, 3.63) is 23.8 Å². The molecule has 0 spiro atoms. The number of likely N-dealkylation sites (N-methyl/N-ethyl adjacent to an activating group) is 1. The lowest BCUT2D eigenvalue weighted by Gasteiger charge is -2.30. The number of aliphatic hydroxyl groups excluding tert-OH is 1. The van der Waals surface area contributed by atoms with Crippen molar-refractivity contribution in [2.24, 2.45) is 0 Å². The molecule has 1 amide bonds. The van der Waals surface area contributed by atoms with Gasteiger partial charge in [0.25, 0.3) is 0 Å². The van der Waals surface area contributed by atoms with Gasteiger partial charge in [-0.25, -0.2) is 0 Å². The van der Waals surface area contributed by atoms with Crippen molar-refractivity contribution >= 4 is 17.3 Å². The number of nitrogens with two attached hydrogens (primary N) is 1. The molecule has 1 aromatic rings. The SMILES string of the molecule is CN(CCO)CCCN1C(=O)CCc2cc(N)ccc21. The summed E-state index contributed by atoms with van der Waals surface area (Å²) in [6, 6.07) is 5.76. The van der Waals surface area contributed by atoms with Gasteiger partial charge in [0.1, 0.15) is 0 Å². The Morgan fingerprint density at radius 1 is 1.35 bits per heavy atom. The number of nitrogen functional groups attached to an aromatic ring is 1. The second-order valence-corrected chi connectivity index (χ2v) is 5.31. The maximum absolute atomic E-state index is 12.1. The summed E-state index contributed by atoms with van der Waals surface area (Å²) in [5.41, 5.74) is 8.71. The minimum atomic E-state index is 0.168. The highest BCUT2D eigenvalue weighted by atomic mass is 16.3. The van der Waals surface area contributed by atoms with Gasteiger partial charge in [0.05, 0.1) is 6.61 Å². The van der Waals surface area contributed by atoms with Gasteiger partial charge in [-0.15, -0.1) is 0 Å². The molecule has 0 saturated carbocycles. The minimum absolute atomic E-state index is 0.168. The third-order valence-electron chi connectivity index (χ3n) is 3.71. The molecule has 3 N–H and O–H groups in total. The molecule has 2 rings (SSSR count). The molecule has 5 heteroatoms. The van der Waals surface area contributed by atoms with E-state index in [0.717, 1.165) is 36.3 Å². The zero-order valence-electron chi connectivity index (χ0n) is 12.0. The molecule has 0 atom stereocenters. The van der Waals surface area contributed by atoms with Crippen LogP contribution in [0.15, 0.2) is 18.2 Å². The number of hydrogen-bond acceptors (Lipinski definition) is 4. The smallest absolute Gasteiger partial charge is 0.227 e. The van der Waals surface area contributed by atoms with Crippen molar-refractivity contribution in [3.8, 4) is 0 Å². The Kier molecular flexibility index (Phi) is 4.98. The molecule has 1 aromatic carbocycles. The fourth-order valence-corrected chi connectivity index (χ4v) is 2.61. The van der Waals surface area contributed by atoms with E-state index < -0.39 is 0 Å². The van der Waals surface area contributed by atoms with E-state index in [-0.39, 0.29) is 12.5 Å². The van der Waals surface area contributed by atoms with Crippen molar-refractivity contribution in [2.75, 3.05) is 43.9 Å². The number of nitrogens with zero attached hydrogens (tertiary/aromatic N) is 2. The van der Waals surface area contributed by atoms with E-state index in [2.05, 4.69) is 4.90 Å². The Balaban J connectivity index is 1.99. The lowest BCUT2D eigenvalue weighted by molar-refractivity contribution is -0.118. The van der Waals surface area contributed by atoms with Gasteiger partial charge >= 0.3 is 0 Å². The van der Waals surface area contributed by atoms with Gasteiger partial charge in [0.15, 0.2) is 0 Å². The number of carbonyl (C=O) groups is 1. The Morgan fingerprint density at radius 3 is 2.90 bits per heavy atom. The summed E-state index contributed by atoms with van der Waals surface area (Å²) >= 11 is 0. The number of rotatable bonds is 6. The maximum atomic E-state index is 12.1. The molecule has 1 aliphatic heterocycles. The Labute approximate surface area is 120 Å². The normalized spacial score (nSPS) is 14.8. The number of hydrogen-bond donors (Lipinski definition) is 2. The summed E-state index contributed by atoms with van der Waals surface area (Å²) < 4.78 is 0. The van der Waals surface area contributed by atoms with Crippen LogP contribution in [0.2, 0.25) is 0 Å². The number of carbonyl (C=O) groups excluding carboxylic acids is 1. The topological polar surface area (TPSA) is 69.8 Å². The predicted octanol–water partition coefficient (Wildman–Crippen LogP) is 0.862. The Morgan fingerprint density at radius 2 is 2.15 bits per heavy atom. The molecular formula is C15H23N3O2. The third kappa shape index (κ3) is 3.49. The quantitative estimate of drug-likeness (QED) is 0.757. The van der Waals surface area contributed by atoms with E-state index in [1.807, 2.05) is 30.1 Å². The fourth-order valence-electron chi connectivity index (χ4n) is 2.61. The van der Waals surface area contributed by atoms with Gasteiger partial charge in [-0.2, -0.15) is 0 Å². The van der Waals surface area contributed by atoms with Crippen molar-refractivity contribution < 1.29 is 9.90 Å². The van der Waals surface area contributed by atoms with Crippen LogP contribution < -0.4 is 10.6 Å². The van der Waals surface area contributed by atoms with Crippen LogP contribution in [0.5, 0.6) is 0 Å². The lowest BCUT2D eigenvalue weighted by Crippen LogP contribution is -2.37. The van der Waals surface area contributed by atoms with Gasteiger partial charge in [-0.05, 0) is 50.2 Å². The number of aryl methyl sites for hydroxylation is 1. The van der Waals surface area contributed by atoms with Crippen LogP contribution in [-0.4, -0.2) is 49.2 Å². The average molecular weight is 277 g/mol. The monoisotopic (exact) mass is 277 g/mol. The zero-order valence-corrected chi connectivity index (χ0v) is 12.0. The molecule has 0 aromatic heterocycles. The predicted molar refractivity (Wildman–Crippen MR) is 80.7 cm³/mol. The van der Waals surface area contributed by atoms with Gasteiger partial charge < -0.3 is 20.6 Å². The summed E-state index contributed by atoms with van der Waals surface area (Å²) in [7, 11) is 1.98. The van der Waals surface area contributed by atoms with Crippen molar-refractivity contribution in [3.63, 3.8) is 0 Å². The number of fused-ring (bicyclic) bond motifs is 1. The fraction of sp³-hybridized carbons (Fsp3) is 0.533. The largest absolute Gasteiger partial charge is 0.399 e. The average Bonchev–Trinajstić information content (AvgIpc) is 2.41. The first-order chi connectivity index (χ1) is 9.61. The highest BCUT2D eigenvalue weighted by Gasteiger charge is 2.23. The molecule has 0 bridgehead atoms. The van der Waals surface area contributed by atoms with Gasteiger partial charge in [-0.3, -0.25) is 4.79 Å². The maximum Gasteiger partial charge on any atom is 0.227 e. The second kappa shape index (κ2) is 6.72. The van der Waals surface area contributed by atoms with Crippen LogP contribution in [0.1, 0.15) is 18.4 Å². The number of anilines is 2.